The second kappa shape index (κ2) is 5.72. The second-order valence-corrected chi connectivity index (χ2v) is 3.00. The van der Waals surface area contributed by atoms with Crippen LogP contribution < -0.4 is 5.73 Å². The van der Waals surface area contributed by atoms with Crippen LogP contribution in [-0.2, 0) is 11.2 Å². The maximum atomic E-state index is 5.73. The van der Waals surface area contributed by atoms with Gasteiger partial charge in [-0.2, -0.15) is 0 Å². The molecule has 0 radical (unpaired) electrons. The zero-order valence-electron chi connectivity index (χ0n) is 8.69. The van der Waals surface area contributed by atoms with Crippen molar-refractivity contribution in [1.82, 2.24) is 10.2 Å². The molecule has 0 spiro atoms. The number of nitrogens with zero attached hydrogens (tertiary/aromatic N) is 2. The van der Waals surface area contributed by atoms with Gasteiger partial charge in [-0.3, -0.25) is 0 Å². The Morgan fingerprint density at radius 2 is 2.21 bits per heavy atom. The van der Waals surface area contributed by atoms with Crippen LogP contribution in [0.5, 0.6) is 0 Å². The van der Waals surface area contributed by atoms with Crippen molar-refractivity contribution in [3.8, 4) is 0 Å². The molecule has 1 atom stereocenters. The largest absolute Gasteiger partial charge is 0.423 e. The SMILES string of the molecule is CCOCCc1nnc(C(N)CC)o1. The van der Waals surface area contributed by atoms with Crippen molar-refractivity contribution in [2.24, 2.45) is 5.73 Å². The van der Waals surface area contributed by atoms with Crippen LogP contribution in [0.1, 0.15) is 38.1 Å². The average Bonchev–Trinajstić information content (AvgIpc) is 2.66. The van der Waals surface area contributed by atoms with Crippen LogP contribution in [0.25, 0.3) is 0 Å². The smallest absolute Gasteiger partial charge is 0.233 e. The van der Waals surface area contributed by atoms with Crippen LogP contribution in [0, 0.1) is 0 Å². The Morgan fingerprint density at radius 1 is 1.43 bits per heavy atom. The maximum absolute atomic E-state index is 5.73. The van der Waals surface area contributed by atoms with Crippen LogP contribution in [0.15, 0.2) is 4.42 Å². The zero-order valence-corrected chi connectivity index (χ0v) is 8.69. The summed E-state index contributed by atoms with van der Waals surface area (Å²) in [5.41, 5.74) is 5.73. The Balaban J connectivity index is 2.42. The normalized spacial score (nSPS) is 13.1. The minimum absolute atomic E-state index is 0.150. The van der Waals surface area contributed by atoms with Crippen LogP contribution in [0.2, 0.25) is 0 Å². The fourth-order valence-corrected chi connectivity index (χ4v) is 0.996. The number of hydrogen-bond donors (Lipinski definition) is 1. The van der Waals surface area contributed by atoms with Gasteiger partial charge in [-0.1, -0.05) is 6.92 Å². The highest BCUT2D eigenvalue weighted by atomic mass is 16.5. The summed E-state index contributed by atoms with van der Waals surface area (Å²) in [6.45, 7) is 5.25. The first-order valence-electron chi connectivity index (χ1n) is 4.93. The van der Waals surface area contributed by atoms with Crippen molar-refractivity contribution >= 4 is 0 Å². The molecule has 1 rings (SSSR count). The van der Waals surface area contributed by atoms with E-state index in [0.29, 0.717) is 31.4 Å². The highest BCUT2D eigenvalue weighted by Crippen LogP contribution is 2.11. The van der Waals surface area contributed by atoms with Gasteiger partial charge in [0.15, 0.2) is 0 Å². The molecule has 80 valence electrons. The first kappa shape index (κ1) is 11.1. The minimum atomic E-state index is -0.150. The van der Waals surface area contributed by atoms with Gasteiger partial charge in [-0.25, -0.2) is 0 Å². The molecule has 1 heterocycles. The van der Waals surface area contributed by atoms with E-state index in [1.54, 1.807) is 0 Å². The number of hydrogen-bond acceptors (Lipinski definition) is 5. The summed E-state index contributed by atoms with van der Waals surface area (Å²) in [7, 11) is 0. The molecule has 2 N–H and O–H groups in total. The van der Waals surface area contributed by atoms with Crippen LogP contribution in [0.4, 0.5) is 0 Å². The number of ether oxygens (including phenoxy) is 1. The lowest BCUT2D eigenvalue weighted by molar-refractivity contribution is 0.145. The topological polar surface area (TPSA) is 74.2 Å². The van der Waals surface area contributed by atoms with Gasteiger partial charge in [0, 0.05) is 13.0 Å². The molecule has 0 saturated carbocycles. The van der Waals surface area contributed by atoms with E-state index >= 15 is 0 Å². The molecular formula is C9H17N3O2. The van der Waals surface area contributed by atoms with E-state index in [2.05, 4.69) is 10.2 Å². The van der Waals surface area contributed by atoms with Gasteiger partial charge >= 0.3 is 0 Å². The molecule has 1 aromatic heterocycles. The van der Waals surface area contributed by atoms with Crippen LogP contribution in [-0.4, -0.2) is 23.4 Å². The lowest BCUT2D eigenvalue weighted by Crippen LogP contribution is -2.08. The predicted molar refractivity (Wildman–Crippen MR) is 51.7 cm³/mol. The Hall–Kier alpha value is -0.940. The molecular weight excluding hydrogens is 182 g/mol. The average molecular weight is 199 g/mol. The van der Waals surface area contributed by atoms with Crippen molar-refractivity contribution in [2.45, 2.75) is 32.7 Å². The molecule has 0 aromatic carbocycles. The van der Waals surface area contributed by atoms with E-state index in [-0.39, 0.29) is 6.04 Å². The van der Waals surface area contributed by atoms with Gasteiger partial charge < -0.3 is 14.9 Å². The molecule has 0 bridgehead atoms. The van der Waals surface area contributed by atoms with E-state index < -0.39 is 0 Å². The molecule has 0 saturated heterocycles. The van der Waals surface area contributed by atoms with E-state index in [4.69, 9.17) is 14.9 Å². The lowest BCUT2D eigenvalue weighted by Gasteiger charge is -2.00. The number of nitrogens with two attached hydrogens (primary N) is 1. The molecule has 0 aliphatic heterocycles. The number of rotatable bonds is 6. The lowest BCUT2D eigenvalue weighted by atomic mass is 10.2. The molecule has 5 nitrogen and oxygen atoms in total. The van der Waals surface area contributed by atoms with Crippen molar-refractivity contribution < 1.29 is 9.15 Å². The summed E-state index contributed by atoms with van der Waals surface area (Å²) in [6.07, 6.45) is 1.45. The summed E-state index contributed by atoms with van der Waals surface area (Å²) in [5, 5.41) is 7.75. The van der Waals surface area contributed by atoms with Gasteiger partial charge in [0.1, 0.15) is 0 Å². The van der Waals surface area contributed by atoms with Crippen LogP contribution >= 0.6 is 0 Å². The van der Waals surface area contributed by atoms with E-state index in [1.807, 2.05) is 13.8 Å². The summed E-state index contributed by atoms with van der Waals surface area (Å²) < 4.78 is 10.5. The van der Waals surface area contributed by atoms with Gasteiger partial charge in [0.25, 0.3) is 0 Å². The summed E-state index contributed by atoms with van der Waals surface area (Å²) in [4.78, 5) is 0. The summed E-state index contributed by atoms with van der Waals surface area (Å²) in [5.74, 6) is 1.11. The van der Waals surface area contributed by atoms with Crippen molar-refractivity contribution in [3.05, 3.63) is 11.8 Å². The first-order valence-corrected chi connectivity index (χ1v) is 4.93. The highest BCUT2D eigenvalue weighted by Gasteiger charge is 2.11. The third-order valence-electron chi connectivity index (χ3n) is 1.90. The van der Waals surface area contributed by atoms with Crippen LogP contribution in [0.3, 0.4) is 0 Å². The maximum Gasteiger partial charge on any atom is 0.233 e. The Labute approximate surface area is 83.6 Å². The van der Waals surface area contributed by atoms with Gasteiger partial charge in [0.05, 0.1) is 12.6 Å². The molecule has 0 aliphatic carbocycles. The molecule has 0 fully saturated rings. The molecule has 0 amide bonds. The predicted octanol–water partition coefficient (Wildman–Crippen LogP) is 1.06. The second-order valence-electron chi connectivity index (χ2n) is 3.00. The highest BCUT2D eigenvalue weighted by molar-refractivity contribution is 4.87. The minimum Gasteiger partial charge on any atom is -0.423 e. The standard InChI is InChI=1S/C9H17N3O2/c1-3-7(10)9-12-11-8(14-9)5-6-13-4-2/h7H,3-6,10H2,1-2H3. The van der Waals surface area contributed by atoms with Gasteiger partial charge in [0.2, 0.25) is 11.8 Å². The van der Waals surface area contributed by atoms with Crippen molar-refractivity contribution in [2.75, 3.05) is 13.2 Å². The third-order valence-corrected chi connectivity index (χ3v) is 1.90. The van der Waals surface area contributed by atoms with E-state index in [1.165, 1.54) is 0 Å². The quantitative estimate of drug-likeness (QED) is 0.693. The van der Waals surface area contributed by atoms with Crippen molar-refractivity contribution in [1.29, 1.82) is 0 Å². The Bertz CT molecular complexity index is 262. The van der Waals surface area contributed by atoms with E-state index in [9.17, 15) is 0 Å². The summed E-state index contributed by atoms with van der Waals surface area (Å²) >= 11 is 0. The fraction of sp³-hybridized carbons (Fsp3) is 0.778. The van der Waals surface area contributed by atoms with Gasteiger partial charge in [-0.15, -0.1) is 10.2 Å². The van der Waals surface area contributed by atoms with Gasteiger partial charge in [-0.05, 0) is 13.3 Å². The van der Waals surface area contributed by atoms with E-state index in [0.717, 1.165) is 6.42 Å². The monoisotopic (exact) mass is 199 g/mol. The molecule has 1 unspecified atom stereocenters. The first-order chi connectivity index (χ1) is 6.77. The Kier molecular flexibility index (Phi) is 4.55. The zero-order chi connectivity index (χ0) is 10.4. The fourth-order valence-electron chi connectivity index (χ4n) is 0.996. The number of aromatic nitrogens is 2. The van der Waals surface area contributed by atoms with Crippen molar-refractivity contribution in [3.63, 3.8) is 0 Å². The third kappa shape index (κ3) is 3.08. The molecule has 14 heavy (non-hydrogen) atoms. The summed E-state index contributed by atoms with van der Waals surface area (Å²) in [6, 6.07) is -0.150. The molecule has 5 heteroatoms. The molecule has 1 aromatic rings. The molecule has 0 aliphatic rings. The Morgan fingerprint density at radius 3 is 2.86 bits per heavy atom.